The van der Waals surface area contributed by atoms with Crippen LogP contribution in [-0.4, -0.2) is 40.2 Å². The van der Waals surface area contributed by atoms with E-state index in [-0.39, 0.29) is 10.7 Å². The summed E-state index contributed by atoms with van der Waals surface area (Å²) < 4.78 is 0. The highest BCUT2D eigenvalue weighted by Crippen LogP contribution is 2.21. The van der Waals surface area contributed by atoms with Gasteiger partial charge in [-0.2, -0.15) is 11.8 Å². The second kappa shape index (κ2) is 5.25. The zero-order valence-corrected chi connectivity index (χ0v) is 10.5. The van der Waals surface area contributed by atoms with E-state index >= 15 is 0 Å². The number of thioether (sulfide) groups is 1. The molecule has 0 bridgehead atoms. The smallest absolute Gasteiger partial charge is 0.236 e. The lowest BCUT2D eigenvalue weighted by Gasteiger charge is -2.34. The highest BCUT2D eigenvalue weighted by atomic mass is 79.9. The molecule has 0 aromatic carbocycles. The van der Waals surface area contributed by atoms with Crippen LogP contribution in [0.2, 0.25) is 0 Å². The summed E-state index contributed by atoms with van der Waals surface area (Å²) in [5, 5.41) is 0. The number of piperidine rings is 1. The van der Waals surface area contributed by atoms with Crippen LogP contribution in [0.3, 0.4) is 0 Å². The Balaban J connectivity index is 2.52. The molecule has 1 rings (SSSR count). The van der Waals surface area contributed by atoms with Gasteiger partial charge in [-0.25, -0.2) is 0 Å². The number of rotatable bonds is 3. The molecule has 0 spiro atoms. The van der Waals surface area contributed by atoms with E-state index in [2.05, 4.69) is 29.1 Å². The molecule has 13 heavy (non-hydrogen) atoms. The van der Waals surface area contributed by atoms with Crippen molar-refractivity contribution in [1.29, 1.82) is 0 Å². The Morgan fingerprint density at radius 1 is 1.77 bits per heavy atom. The Kier molecular flexibility index (Phi) is 4.59. The molecule has 0 aromatic rings. The zero-order valence-electron chi connectivity index (χ0n) is 8.12. The van der Waals surface area contributed by atoms with E-state index in [1.165, 1.54) is 0 Å². The second-order valence-electron chi connectivity index (χ2n) is 3.45. The molecule has 1 amide bonds. The maximum atomic E-state index is 11.7. The van der Waals surface area contributed by atoms with Gasteiger partial charge >= 0.3 is 0 Å². The minimum atomic E-state index is 0.0607. The van der Waals surface area contributed by atoms with Gasteiger partial charge in [-0.1, -0.05) is 15.9 Å². The molecule has 0 radical (unpaired) electrons. The Bertz CT molecular complexity index is 188. The fraction of sp³-hybridized carbons (Fsp3) is 0.889. The van der Waals surface area contributed by atoms with Crippen LogP contribution < -0.4 is 0 Å². The number of halogens is 1. The second-order valence-corrected chi connectivity index (χ2v) is 5.46. The minimum absolute atomic E-state index is 0.0607. The van der Waals surface area contributed by atoms with Crippen LogP contribution in [0, 0.1) is 0 Å². The summed E-state index contributed by atoms with van der Waals surface area (Å²) >= 11 is 5.21. The van der Waals surface area contributed by atoms with Crippen molar-refractivity contribution in [3.05, 3.63) is 0 Å². The lowest BCUT2D eigenvalue weighted by molar-refractivity contribution is -0.134. The van der Waals surface area contributed by atoms with E-state index < -0.39 is 0 Å². The van der Waals surface area contributed by atoms with Gasteiger partial charge in [0.1, 0.15) is 0 Å². The molecule has 0 aromatic heterocycles. The number of alkyl halides is 1. The molecule has 2 atom stereocenters. The van der Waals surface area contributed by atoms with Gasteiger partial charge in [0.25, 0.3) is 0 Å². The number of carbonyl (C=O) groups excluding carboxylic acids is 1. The molecule has 76 valence electrons. The van der Waals surface area contributed by atoms with Crippen molar-refractivity contribution in [2.75, 3.05) is 18.6 Å². The highest BCUT2D eigenvalue weighted by Gasteiger charge is 2.29. The summed E-state index contributed by atoms with van der Waals surface area (Å²) in [7, 11) is 0. The summed E-state index contributed by atoms with van der Waals surface area (Å²) in [6.07, 6.45) is 4.19. The fourth-order valence-corrected chi connectivity index (χ4v) is 2.87. The molecule has 1 heterocycles. The van der Waals surface area contributed by atoms with E-state index in [4.69, 9.17) is 0 Å². The van der Waals surface area contributed by atoms with Crippen LogP contribution in [0.4, 0.5) is 0 Å². The largest absolute Gasteiger partial charge is 0.338 e. The number of hydrogen-bond acceptors (Lipinski definition) is 2. The van der Waals surface area contributed by atoms with E-state index in [0.29, 0.717) is 6.04 Å². The number of carbonyl (C=O) groups is 1. The number of likely N-dealkylation sites (tertiary alicyclic amines) is 1. The minimum Gasteiger partial charge on any atom is -0.338 e. The van der Waals surface area contributed by atoms with Crippen LogP contribution in [0.15, 0.2) is 0 Å². The Morgan fingerprint density at radius 2 is 2.46 bits per heavy atom. The Labute approximate surface area is 92.6 Å². The van der Waals surface area contributed by atoms with Crippen molar-refractivity contribution >= 4 is 33.6 Å². The first kappa shape index (κ1) is 11.4. The Morgan fingerprint density at radius 3 is 3.08 bits per heavy atom. The average molecular weight is 266 g/mol. The number of hydrogen-bond donors (Lipinski definition) is 0. The van der Waals surface area contributed by atoms with Gasteiger partial charge < -0.3 is 4.90 Å². The van der Waals surface area contributed by atoms with Crippen molar-refractivity contribution in [1.82, 2.24) is 4.90 Å². The maximum Gasteiger partial charge on any atom is 0.236 e. The summed E-state index contributed by atoms with van der Waals surface area (Å²) in [4.78, 5) is 13.8. The predicted molar refractivity (Wildman–Crippen MR) is 61.5 cm³/mol. The topological polar surface area (TPSA) is 20.3 Å². The van der Waals surface area contributed by atoms with Gasteiger partial charge in [0, 0.05) is 18.3 Å². The molecule has 2 unspecified atom stereocenters. The van der Waals surface area contributed by atoms with Gasteiger partial charge in [0.2, 0.25) is 5.91 Å². The molecule has 0 aliphatic carbocycles. The summed E-state index contributed by atoms with van der Waals surface area (Å²) in [5.41, 5.74) is 0. The third-order valence-corrected chi connectivity index (χ3v) is 4.01. The van der Waals surface area contributed by atoms with E-state index in [1.54, 1.807) is 11.8 Å². The summed E-state index contributed by atoms with van der Waals surface area (Å²) in [6.45, 7) is 3.06. The summed E-state index contributed by atoms with van der Waals surface area (Å²) in [5.74, 6) is 1.30. The molecule has 1 fully saturated rings. The van der Waals surface area contributed by atoms with Crippen LogP contribution in [0.1, 0.15) is 19.8 Å². The molecule has 0 N–H and O–H groups in total. The van der Waals surface area contributed by atoms with Crippen LogP contribution in [0.5, 0.6) is 0 Å². The van der Waals surface area contributed by atoms with Gasteiger partial charge in [0.05, 0.1) is 4.83 Å². The molecular formula is C9H16BrNOS. The molecule has 2 nitrogen and oxygen atoms in total. The highest BCUT2D eigenvalue weighted by molar-refractivity contribution is 9.10. The SMILES string of the molecule is CSCC(C)N1CCCC(Br)C1=O. The Hall–Kier alpha value is 0.300. The van der Waals surface area contributed by atoms with Gasteiger partial charge in [-0.15, -0.1) is 0 Å². The van der Waals surface area contributed by atoms with E-state index in [1.807, 2.05) is 4.90 Å². The lowest BCUT2D eigenvalue weighted by atomic mass is 10.1. The molecule has 4 heteroatoms. The third-order valence-electron chi connectivity index (χ3n) is 2.35. The normalized spacial score (nSPS) is 26.2. The quantitative estimate of drug-likeness (QED) is 0.729. The molecule has 1 aliphatic rings. The van der Waals surface area contributed by atoms with E-state index in [9.17, 15) is 4.79 Å². The van der Waals surface area contributed by atoms with Crippen LogP contribution >= 0.6 is 27.7 Å². The van der Waals surface area contributed by atoms with Crippen molar-refractivity contribution in [2.24, 2.45) is 0 Å². The number of amides is 1. The first-order valence-electron chi connectivity index (χ1n) is 4.60. The van der Waals surface area contributed by atoms with Crippen molar-refractivity contribution in [2.45, 2.75) is 30.6 Å². The van der Waals surface area contributed by atoms with Gasteiger partial charge in [0.15, 0.2) is 0 Å². The molecule has 1 aliphatic heterocycles. The van der Waals surface area contributed by atoms with Crippen LogP contribution in [-0.2, 0) is 4.79 Å². The van der Waals surface area contributed by atoms with E-state index in [0.717, 1.165) is 25.1 Å². The average Bonchev–Trinajstić information content (AvgIpc) is 2.10. The first-order chi connectivity index (χ1) is 6.16. The summed E-state index contributed by atoms with van der Waals surface area (Å²) in [6, 6.07) is 0.378. The van der Waals surface area contributed by atoms with Gasteiger partial charge in [-0.05, 0) is 26.0 Å². The van der Waals surface area contributed by atoms with Crippen molar-refractivity contribution in [3.63, 3.8) is 0 Å². The zero-order chi connectivity index (χ0) is 9.84. The third kappa shape index (κ3) is 2.88. The molecule has 0 saturated carbocycles. The maximum absolute atomic E-state index is 11.7. The van der Waals surface area contributed by atoms with Gasteiger partial charge in [-0.3, -0.25) is 4.79 Å². The first-order valence-corrected chi connectivity index (χ1v) is 6.91. The van der Waals surface area contributed by atoms with Crippen molar-refractivity contribution < 1.29 is 4.79 Å². The fourth-order valence-electron chi connectivity index (χ4n) is 1.62. The lowest BCUT2D eigenvalue weighted by Crippen LogP contribution is -2.47. The monoisotopic (exact) mass is 265 g/mol. The molecule has 1 saturated heterocycles. The predicted octanol–water partition coefficient (Wildman–Crippen LogP) is 2.12. The standard InChI is InChI=1S/C9H16BrNOS/c1-7(6-13-2)11-5-3-4-8(10)9(11)12/h7-8H,3-6H2,1-2H3. The number of nitrogens with zero attached hydrogens (tertiary/aromatic N) is 1. The van der Waals surface area contributed by atoms with Crippen LogP contribution in [0.25, 0.3) is 0 Å². The van der Waals surface area contributed by atoms with Crippen molar-refractivity contribution in [3.8, 4) is 0 Å². The molecular weight excluding hydrogens is 250 g/mol.